The third kappa shape index (κ3) is 4.74. The van der Waals surface area contributed by atoms with Gasteiger partial charge in [0.15, 0.2) is 0 Å². The van der Waals surface area contributed by atoms with Gasteiger partial charge in [-0.25, -0.2) is 0 Å². The highest BCUT2D eigenvalue weighted by Crippen LogP contribution is 2.35. The molecule has 2 rings (SSSR count). The van der Waals surface area contributed by atoms with Crippen molar-refractivity contribution in [2.24, 2.45) is 7.05 Å². The summed E-state index contributed by atoms with van der Waals surface area (Å²) in [6.07, 6.45) is -1.07. The fraction of sp³-hybridized carbons (Fsp3) is 0.471. The van der Waals surface area contributed by atoms with Gasteiger partial charge >= 0.3 is 6.18 Å². The van der Waals surface area contributed by atoms with Gasteiger partial charge in [-0.2, -0.15) is 18.3 Å². The van der Waals surface area contributed by atoms with Crippen molar-refractivity contribution in [3.05, 3.63) is 47.3 Å². The van der Waals surface area contributed by atoms with E-state index >= 15 is 0 Å². The number of aryl methyl sites for hydroxylation is 1. The van der Waals surface area contributed by atoms with Crippen LogP contribution in [0.25, 0.3) is 0 Å². The molecule has 1 heterocycles. The molecule has 0 saturated heterocycles. The molecule has 24 heavy (non-hydrogen) atoms. The van der Waals surface area contributed by atoms with Gasteiger partial charge in [-0.05, 0) is 38.5 Å². The fourth-order valence-corrected chi connectivity index (χ4v) is 2.36. The summed E-state index contributed by atoms with van der Waals surface area (Å²) >= 11 is 0. The molecule has 1 N–H and O–H groups in total. The van der Waals surface area contributed by atoms with Crippen molar-refractivity contribution < 1.29 is 17.9 Å². The summed E-state index contributed by atoms with van der Waals surface area (Å²) in [7, 11) is 1.80. The first-order chi connectivity index (χ1) is 11.2. The second-order valence-corrected chi connectivity index (χ2v) is 6.03. The number of benzene rings is 1. The number of ether oxygens (including phenoxy) is 1. The van der Waals surface area contributed by atoms with Gasteiger partial charge in [0.2, 0.25) is 0 Å². The van der Waals surface area contributed by atoms with E-state index in [2.05, 4.69) is 10.4 Å². The van der Waals surface area contributed by atoms with Gasteiger partial charge in [0.25, 0.3) is 0 Å². The molecule has 0 spiro atoms. The smallest absolute Gasteiger partial charge is 0.416 e. The summed E-state index contributed by atoms with van der Waals surface area (Å²) in [5, 5.41) is 7.18. The number of hydrogen-bond acceptors (Lipinski definition) is 3. The molecule has 0 aliphatic carbocycles. The van der Waals surface area contributed by atoms with E-state index in [1.165, 1.54) is 6.07 Å². The van der Waals surface area contributed by atoms with E-state index in [0.717, 1.165) is 11.6 Å². The third-order valence-electron chi connectivity index (χ3n) is 3.58. The van der Waals surface area contributed by atoms with Crippen molar-refractivity contribution in [1.82, 2.24) is 15.1 Å². The minimum absolute atomic E-state index is 0.104. The van der Waals surface area contributed by atoms with Crippen molar-refractivity contribution >= 4 is 0 Å². The zero-order chi connectivity index (χ0) is 17.9. The monoisotopic (exact) mass is 341 g/mol. The molecular formula is C17H22F3N3O. The zero-order valence-corrected chi connectivity index (χ0v) is 14.2. The summed E-state index contributed by atoms with van der Waals surface area (Å²) in [5.41, 5.74) is 0.437. The Bertz CT molecular complexity index is 680. The van der Waals surface area contributed by atoms with Gasteiger partial charge < -0.3 is 10.1 Å². The zero-order valence-electron chi connectivity index (χ0n) is 14.2. The average Bonchev–Trinajstić information content (AvgIpc) is 2.90. The number of nitrogens with one attached hydrogen (secondary N) is 1. The van der Waals surface area contributed by atoms with Crippen LogP contribution in [0.4, 0.5) is 13.2 Å². The van der Waals surface area contributed by atoms with Crippen molar-refractivity contribution in [1.29, 1.82) is 0 Å². The molecule has 1 atom stereocenters. The number of halogens is 3. The van der Waals surface area contributed by atoms with Crippen LogP contribution < -0.4 is 10.1 Å². The van der Waals surface area contributed by atoms with Crippen LogP contribution in [0.2, 0.25) is 0 Å². The van der Waals surface area contributed by atoms with E-state index in [0.29, 0.717) is 0 Å². The SMILES string of the molecule is CC(C)Oc1ccc(CNC(C)c2cnn(C)c2)c(C(F)(F)F)c1. The van der Waals surface area contributed by atoms with E-state index < -0.39 is 11.7 Å². The standard InChI is InChI=1S/C17H22F3N3O/c1-11(2)24-15-6-5-13(16(7-15)17(18,19)20)8-21-12(3)14-9-22-23(4)10-14/h5-7,9-12,21H,8H2,1-4H3. The van der Waals surface area contributed by atoms with Crippen LogP contribution in [0.5, 0.6) is 5.75 Å². The Hall–Kier alpha value is -2.02. The highest BCUT2D eigenvalue weighted by atomic mass is 19.4. The lowest BCUT2D eigenvalue weighted by Gasteiger charge is -2.18. The molecule has 0 radical (unpaired) electrons. The first kappa shape index (κ1) is 18.3. The number of rotatable bonds is 6. The Kier molecular flexibility index (Phi) is 5.54. The van der Waals surface area contributed by atoms with Crippen molar-refractivity contribution in [2.45, 2.75) is 45.6 Å². The van der Waals surface area contributed by atoms with E-state index in [-0.39, 0.29) is 30.0 Å². The molecule has 0 bridgehead atoms. The van der Waals surface area contributed by atoms with Gasteiger partial charge in [0.05, 0.1) is 17.9 Å². The van der Waals surface area contributed by atoms with E-state index in [1.54, 1.807) is 37.8 Å². The minimum atomic E-state index is -4.43. The molecular weight excluding hydrogens is 319 g/mol. The Morgan fingerprint density at radius 3 is 2.50 bits per heavy atom. The van der Waals surface area contributed by atoms with Crippen LogP contribution in [0, 0.1) is 0 Å². The lowest BCUT2D eigenvalue weighted by Crippen LogP contribution is -2.21. The van der Waals surface area contributed by atoms with E-state index in [9.17, 15) is 13.2 Å². The van der Waals surface area contributed by atoms with Crippen molar-refractivity contribution in [2.75, 3.05) is 0 Å². The fourth-order valence-electron chi connectivity index (χ4n) is 2.36. The summed E-state index contributed by atoms with van der Waals surface area (Å²) in [4.78, 5) is 0. The Balaban J connectivity index is 2.16. The molecule has 0 aliphatic heterocycles. The van der Waals surface area contributed by atoms with Gasteiger partial charge in [-0.1, -0.05) is 6.07 Å². The van der Waals surface area contributed by atoms with Gasteiger partial charge in [-0.15, -0.1) is 0 Å². The van der Waals surface area contributed by atoms with Crippen LogP contribution in [0.3, 0.4) is 0 Å². The maximum atomic E-state index is 13.3. The predicted molar refractivity (Wildman–Crippen MR) is 85.7 cm³/mol. The maximum Gasteiger partial charge on any atom is 0.416 e. The average molecular weight is 341 g/mol. The Morgan fingerprint density at radius 1 is 1.25 bits per heavy atom. The molecule has 0 amide bonds. The van der Waals surface area contributed by atoms with E-state index in [4.69, 9.17) is 4.74 Å². The topological polar surface area (TPSA) is 39.1 Å². The molecule has 0 saturated carbocycles. The number of hydrogen-bond donors (Lipinski definition) is 1. The van der Waals surface area contributed by atoms with Crippen LogP contribution in [-0.2, 0) is 19.8 Å². The predicted octanol–water partition coefficient (Wildman–Crippen LogP) is 4.08. The molecule has 7 heteroatoms. The molecule has 4 nitrogen and oxygen atoms in total. The summed E-state index contributed by atoms with van der Waals surface area (Å²) in [5.74, 6) is 0.224. The second-order valence-electron chi connectivity index (χ2n) is 6.03. The summed E-state index contributed by atoms with van der Waals surface area (Å²) in [6.45, 7) is 5.55. The summed E-state index contributed by atoms with van der Waals surface area (Å²) < 4.78 is 47.0. The van der Waals surface area contributed by atoms with Crippen LogP contribution >= 0.6 is 0 Å². The minimum Gasteiger partial charge on any atom is -0.491 e. The van der Waals surface area contributed by atoms with Crippen LogP contribution in [-0.4, -0.2) is 15.9 Å². The summed E-state index contributed by atoms with van der Waals surface area (Å²) in [6, 6.07) is 3.99. The van der Waals surface area contributed by atoms with Gasteiger partial charge in [-0.3, -0.25) is 4.68 Å². The number of aromatic nitrogens is 2. The van der Waals surface area contributed by atoms with Crippen LogP contribution in [0.15, 0.2) is 30.6 Å². The van der Waals surface area contributed by atoms with Crippen molar-refractivity contribution in [3.63, 3.8) is 0 Å². The molecule has 132 valence electrons. The van der Waals surface area contributed by atoms with Gasteiger partial charge in [0.1, 0.15) is 5.75 Å². The normalized spacial score (nSPS) is 13.3. The number of alkyl halides is 3. The lowest BCUT2D eigenvalue weighted by atomic mass is 10.1. The number of nitrogens with zero attached hydrogens (tertiary/aromatic N) is 2. The maximum absolute atomic E-state index is 13.3. The molecule has 1 unspecified atom stereocenters. The Morgan fingerprint density at radius 2 is 1.96 bits per heavy atom. The van der Waals surface area contributed by atoms with Gasteiger partial charge in [0, 0.05) is 31.4 Å². The largest absolute Gasteiger partial charge is 0.491 e. The third-order valence-corrected chi connectivity index (χ3v) is 3.58. The lowest BCUT2D eigenvalue weighted by molar-refractivity contribution is -0.138. The second kappa shape index (κ2) is 7.25. The first-order valence-electron chi connectivity index (χ1n) is 7.75. The molecule has 0 fully saturated rings. The van der Waals surface area contributed by atoms with Crippen molar-refractivity contribution in [3.8, 4) is 5.75 Å². The quantitative estimate of drug-likeness (QED) is 0.861. The highest BCUT2D eigenvalue weighted by molar-refractivity contribution is 5.37. The van der Waals surface area contributed by atoms with Crippen LogP contribution in [0.1, 0.15) is 43.5 Å². The first-order valence-corrected chi connectivity index (χ1v) is 7.75. The molecule has 2 aromatic rings. The Labute approximate surface area is 139 Å². The highest BCUT2D eigenvalue weighted by Gasteiger charge is 2.33. The molecule has 0 aliphatic rings. The molecule has 1 aromatic carbocycles. The van der Waals surface area contributed by atoms with E-state index in [1.807, 2.05) is 13.1 Å². The molecule has 1 aromatic heterocycles.